The first-order chi connectivity index (χ1) is 16.2. The molecule has 3 aromatic rings. The van der Waals surface area contributed by atoms with Gasteiger partial charge in [-0.25, -0.2) is 0 Å². The molecule has 172 valence electrons. The van der Waals surface area contributed by atoms with Crippen LogP contribution < -0.4 is 4.90 Å². The molecule has 0 saturated carbocycles. The fourth-order valence-electron chi connectivity index (χ4n) is 3.99. The van der Waals surface area contributed by atoms with Crippen LogP contribution in [0.25, 0.3) is 6.08 Å². The number of carbonyl (C=O) groups excluding carboxylic acids is 1. The van der Waals surface area contributed by atoms with Gasteiger partial charge in [0.2, 0.25) is 5.91 Å². The smallest absolute Gasteiger partial charge is 0.224 e. The van der Waals surface area contributed by atoms with Gasteiger partial charge in [-0.2, -0.15) is 0 Å². The summed E-state index contributed by atoms with van der Waals surface area (Å²) in [6.07, 6.45) is 5.41. The van der Waals surface area contributed by atoms with Crippen LogP contribution in [0.15, 0.2) is 83.5 Å². The summed E-state index contributed by atoms with van der Waals surface area (Å²) < 4.78 is 10.8. The summed E-state index contributed by atoms with van der Waals surface area (Å²) in [5.74, 6) is 0.835. The Kier molecular flexibility index (Phi) is 7.95. The third-order valence-corrected chi connectivity index (χ3v) is 5.64. The van der Waals surface area contributed by atoms with Crippen LogP contribution in [-0.2, 0) is 22.7 Å². The third kappa shape index (κ3) is 6.57. The zero-order valence-electron chi connectivity index (χ0n) is 18.7. The molecule has 33 heavy (non-hydrogen) atoms. The van der Waals surface area contributed by atoms with Crippen molar-refractivity contribution in [3.8, 4) is 0 Å². The van der Waals surface area contributed by atoms with Crippen LogP contribution >= 0.6 is 0 Å². The number of carbonyl (C=O) groups is 1. The van der Waals surface area contributed by atoms with Crippen molar-refractivity contribution in [1.29, 1.82) is 0 Å². The van der Waals surface area contributed by atoms with Crippen molar-refractivity contribution in [3.63, 3.8) is 0 Å². The summed E-state index contributed by atoms with van der Waals surface area (Å²) in [4.78, 5) is 16.9. The number of β-amino-alcohol motifs (C(OH)–C–C–N with tert-alkyl or cyclic N) is 1. The highest BCUT2D eigenvalue weighted by Gasteiger charge is 2.23. The molecule has 1 unspecified atom stereocenters. The van der Waals surface area contributed by atoms with Gasteiger partial charge < -0.3 is 24.1 Å². The molecule has 1 aliphatic heterocycles. The molecule has 6 heteroatoms. The van der Waals surface area contributed by atoms with Crippen LogP contribution in [0.2, 0.25) is 0 Å². The van der Waals surface area contributed by atoms with E-state index in [0.717, 1.165) is 22.6 Å². The fraction of sp³-hybridized carbons (Fsp3) is 0.296. The Morgan fingerprint density at radius 2 is 1.85 bits per heavy atom. The summed E-state index contributed by atoms with van der Waals surface area (Å²) in [5.41, 5.74) is 3.24. The third-order valence-electron chi connectivity index (χ3n) is 5.64. The van der Waals surface area contributed by atoms with Gasteiger partial charge in [0, 0.05) is 38.3 Å². The molecule has 0 saturated heterocycles. The maximum absolute atomic E-state index is 12.9. The van der Waals surface area contributed by atoms with Gasteiger partial charge in [0.15, 0.2) is 0 Å². The first kappa shape index (κ1) is 22.8. The molecule has 1 aromatic heterocycles. The van der Waals surface area contributed by atoms with E-state index >= 15 is 0 Å². The Balaban J connectivity index is 1.38. The van der Waals surface area contributed by atoms with E-state index in [0.29, 0.717) is 39.2 Å². The van der Waals surface area contributed by atoms with Crippen molar-refractivity contribution < 1.29 is 19.1 Å². The number of benzene rings is 2. The summed E-state index contributed by atoms with van der Waals surface area (Å²) in [7, 11) is 0. The van der Waals surface area contributed by atoms with Crippen LogP contribution in [0.4, 0.5) is 5.69 Å². The van der Waals surface area contributed by atoms with Crippen molar-refractivity contribution in [1.82, 2.24) is 4.90 Å². The van der Waals surface area contributed by atoms with Crippen molar-refractivity contribution in [3.05, 3.63) is 96.0 Å². The molecule has 1 amide bonds. The first-order valence-corrected chi connectivity index (χ1v) is 11.3. The number of amides is 1. The SMILES string of the molecule is O=C1CCN(CC(O)COCc2ccco2)c2ccccc2CN1C/C=C/c1ccccc1. The van der Waals surface area contributed by atoms with E-state index in [1.54, 1.807) is 6.26 Å². The zero-order valence-corrected chi connectivity index (χ0v) is 18.7. The fourth-order valence-corrected chi connectivity index (χ4v) is 3.99. The predicted molar refractivity (Wildman–Crippen MR) is 129 cm³/mol. The van der Waals surface area contributed by atoms with Crippen molar-refractivity contribution in [2.45, 2.75) is 25.7 Å². The van der Waals surface area contributed by atoms with Gasteiger partial charge in [0.05, 0.1) is 19.0 Å². The Morgan fingerprint density at radius 3 is 2.67 bits per heavy atom. The number of fused-ring (bicyclic) bond motifs is 1. The molecule has 1 aliphatic rings. The predicted octanol–water partition coefficient (Wildman–Crippen LogP) is 4.11. The van der Waals surface area contributed by atoms with Gasteiger partial charge >= 0.3 is 0 Å². The zero-order chi connectivity index (χ0) is 22.9. The van der Waals surface area contributed by atoms with E-state index in [4.69, 9.17) is 9.15 Å². The average Bonchev–Trinajstić information content (AvgIpc) is 3.35. The molecule has 1 atom stereocenters. The van der Waals surface area contributed by atoms with E-state index in [1.807, 2.05) is 71.6 Å². The number of ether oxygens (including phenoxy) is 1. The minimum Gasteiger partial charge on any atom is -0.467 e. The van der Waals surface area contributed by atoms with Gasteiger partial charge in [-0.15, -0.1) is 0 Å². The van der Waals surface area contributed by atoms with Crippen LogP contribution in [0.1, 0.15) is 23.3 Å². The summed E-state index contributed by atoms with van der Waals surface area (Å²) in [6, 6.07) is 21.8. The van der Waals surface area contributed by atoms with Crippen molar-refractivity contribution >= 4 is 17.7 Å². The normalized spacial score (nSPS) is 15.4. The maximum Gasteiger partial charge on any atom is 0.224 e. The van der Waals surface area contributed by atoms with E-state index in [9.17, 15) is 9.90 Å². The number of rotatable bonds is 9. The molecule has 6 nitrogen and oxygen atoms in total. The van der Waals surface area contributed by atoms with Gasteiger partial charge in [-0.05, 0) is 29.3 Å². The van der Waals surface area contributed by atoms with E-state index in [-0.39, 0.29) is 12.5 Å². The molecule has 0 fully saturated rings. The lowest BCUT2D eigenvalue weighted by molar-refractivity contribution is -0.131. The van der Waals surface area contributed by atoms with Gasteiger partial charge in [-0.3, -0.25) is 4.79 Å². The van der Waals surface area contributed by atoms with Crippen LogP contribution in [0.3, 0.4) is 0 Å². The minimum atomic E-state index is -0.674. The van der Waals surface area contributed by atoms with Crippen molar-refractivity contribution in [2.24, 2.45) is 0 Å². The molecule has 0 aliphatic carbocycles. The van der Waals surface area contributed by atoms with Gasteiger partial charge in [-0.1, -0.05) is 60.7 Å². The number of hydrogen-bond acceptors (Lipinski definition) is 5. The number of para-hydroxylation sites is 1. The lowest BCUT2D eigenvalue weighted by atomic mass is 10.1. The highest BCUT2D eigenvalue weighted by Crippen LogP contribution is 2.25. The van der Waals surface area contributed by atoms with Crippen LogP contribution in [-0.4, -0.2) is 48.3 Å². The summed E-state index contributed by atoms with van der Waals surface area (Å²) >= 11 is 0. The highest BCUT2D eigenvalue weighted by molar-refractivity contribution is 5.78. The topological polar surface area (TPSA) is 66.2 Å². The average molecular weight is 447 g/mol. The molecule has 0 radical (unpaired) electrons. The second-order valence-electron chi connectivity index (χ2n) is 8.16. The summed E-state index contributed by atoms with van der Waals surface area (Å²) in [5, 5.41) is 10.6. The molecule has 2 aromatic carbocycles. The number of nitrogens with zero attached hydrogens (tertiary/aromatic N) is 2. The first-order valence-electron chi connectivity index (χ1n) is 11.3. The maximum atomic E-state index is 12.9. The van der Waals surface area contributed by atoms with Gasteiger partial charge in [0.25, 0.3) is 0 Å². The second kappa shape index (κ2) is 11.5. The Labute approximate surface area is 194 Å². The monoisotopic (exact) mass is 446 g/mol. The molecular formula is C27H30N2O4. The molecular weight excluding hydrogens is 416 g/mol. The van der Waals surface area contributed by atoms with Crippen molar-refractivity contribution in [2.75, 3.05) is 31.1 Å². The second-order valence-corrected chi connectivity index (χ2v) is 8.16. The van der Waals surface area contributed by atoms with Crippen LogP contribution in [0.5, 0.6) is 0 Å². The largest absolute Gasteiger partial charge is 0.467 e. The highest BCUT2D eigenvalue weighted by atomic mass is 16.5. The van der Waals surface area contributed by atoms with E-state index < -0.39 is 6.10 Å². The molecule has 0 bridgehead atoms. The molecule has 1 N–H and O–H groups in total. The quantitative estimate of drug-likeness (QED) is 0.536. The summed E-state index contributed by atoms with van der Waals surface area (Å²) in [6.45, 7) is 2.57. The lowest BCUT2D eigenvalue weighted by Gasteiger charge is -2.34. The lowest BCUT2D eigenvalue weighted by Crippen LogP contribution is -2.41. The number of hydrogen-bond donors (Lipinski definition) is 1. The Hall–Kier alpha value is -3.35. The minimum absolute atomic E-state index is 0.107. The Bertz CT molecular complexity index is 1030. The van der Waals surface area contributed by atoms with E-state index in [2.05, 4.69) is 17.0 Å². The van der Waals surface area contributed by atoms with Gasteiger partial charge in [0.1, 0.15) is 12.4 Å². The van der Waals surface area contributed by atoms with E-state index in [1.165, 1.54) is 0 Å². The number of furan rings is 1. The number of aliphatic hydroxyl groups is 1. The molecule has 4 rings (SSSR count). The molecule has 0 spiro atoms. The number of anilines is 1. The van der Waals surface area contributed by atoms with Crippen LogP contribution in [0, 0.1) is 0 Å². The Morgan fingerprint density at radius 1 is 1.03 bits per heavy atom. The molecule has 2 heterocycles. The number of aliphatic hydroxyl groups excluding tert-OH is 1. The standard InChI is InChI=1S/C27H30N2O4/c30-24(20-32-21-25-12-7-17-33-25)19-28-16-14-27(31)29(18-23-11-4-5-13-26(23)28)15-6-10-22-8-2-1-3-9-22/h1-13,17,24,30H,14-16,18-21H2/b10-6+.